The van der Waals surface area contributed by atoms with Gasteiger partial charge in [0.2, 0.25) is 0 Å². The van der Waals surface area contributed by atoms with Crippen molar-refractivity contribution in [2.24, 2.45) is 5.73 Å². The predicted octanol–water partition coefficient (Wildman–Crippen LogP) is 1.56. The normalized spacial score (nSPS) is 23.6. The van der Waals surface area contributed by atoms with Crippen LogP contribution in [0.4, 0.5) is 0 Å². The van der Waals surface area contributed by atoms with Gasteiger partial charge in [0.1, 0.15) is 6.10 Å². The second kappa shape index (κ2) is 6.13. The maximum atomic E-state index is 12.1. The summed E-state index contributed by atoms with van der Waals surface area (Å²) in [5.41, 5.74) is 7.20. The maximum Gasteiger partial charge on any atom is 0.251 e. The summed E-state index contributed by atoms with van der Waals surface area (Å²) in [6.07, 6.45) is 4.21. The Kier molecular flexibility index (Phi) is 4.24. The highest BCUT2D eigenvalue weighted by Gasteiger charge is 2.43. The number of ether oxygens (including phenoxy) is 2. The average molecular weight is 290 g/mol. The predicted molar refractivity (Wildman–Crippen MR) is 78.7 cm³/mol. The van der Waals surface area contributed by atoms with E-state index in [0.717, 1.165) is 31.2 Å². The van der Waals surface area contributed by atoms with E-state index >= 15 is 0 Å². The number of hydrogen-bond donors (Lipinski definition) is 2. The molecule has 3 N–H and O–H groups in total. The van der Waals surface area contributed by atoms with Crippen molar-refractivity contribution in [2.75, 3.05) is 13.2 Å². The number of carbonyl (C=O) groups excluding carboxylic acids is 1. The lowest BCUT2D eigenvalue weighted by Gasteiger charge is -2.21. The zero-order chi connectivity index (χ0) is 14.7. The molecule has 1 saturated carbocycles. The first-order chi connectivity index (χ1) is 10.2. The Morgan fingerprint density at radius 2 is 2.00 bits per heavy atom. The van der Waals surface area contributed by atoms with Gasteiger partial charge in [0.25, 0.3) is 5.91 Å². The molecule has 5 nitrogen and oxygen atoms in total. The van der Waals surface area contributed by atoms with Gasteiger partial charge in [0, 0.05) is 31.5 Å². The van der Waals surface area contributed by atoms with Gasteiger partial charge >= 0.3 is 0 Å². The van der Waals surface area contributed by atoms with Crippen LogP contribution in [0.2, 0.25) is 0 Å². The summed E-state index contributed by atoms with van der Waals surface area (Å²) in [7, 11) is 0. The molecule has 1 heterocycles. The van der Waals surface area contributed by atoms with Gasteiger partial charge in [-0.1, -0.05) is 12.1 Å². The molecule has 0 radical (unpaired) electrons. The van der Waals surface area contributed by atoms with E-state index in [1.807, 2.05) is 12.1 Å². The number of nitrogens with two attached hydrogens (primary N) is 1. The maximum absolute atomic E-state index is 12.1. The Morgan fingerprint density at radius 1 is 1.29 bits per heavy atom. The number of rotatable bonds is 4. The van der Waals surface area contributed by atoms with Crippen LogP contribution < -0.4 is 11.1 Å². The molecule has 1 amide bonds. The molecule has 2 fully saturated rings. The van der Waals surface area contributed by atoms with Crippen molar-refractivity contribution in [3.8, 4) is 0 Å². The zero-order valence-electron chi connectivity index (χ0n) is 12.1. The van der Waals surface area contributed by atoms with Crippen molar-refractivity contribution < 1.29 is 14.3 Å². The highest BCUT2D eigenvalue weighted by molar-refractivity contribution is 5.94. The van der Waals surface area contributed by atoms with E-state index in [-0.39, 0.29) is 17.8 Å². The molecular formula is C16H22N2O3. The summed E-state index contributed by atoms with van der Waals surface area (Å²) in [6.45, 7) is 1.53. The van der Waals surface area contributed by atoms with Crippen LogP contribution in [-0.2, 0) is 16.0 Å². The molecule has 5 heteroatoms. The van der Waals surface area contributed by atoms with Crippen LogP contribution in [0, 0.1) is 0 Å². The second-order valence-electron chi connectivity index (χ2n) is 5.78. The first-order valence-corrected chi connectivity index (χ1v) is 7.60. The SMILES string of the molecule is NCc1ccc(C(=O)NCC2COC3(CCCC3)O2)cc1. The molecule has 1 aromatic carbocycles. The first-order valence-electron chi connectivity index (χ1n) is 7.60. The van der Waals surface area contributed by atoms with Crippen LogP contribution in [0.25, 0.3) is 0 Å². The average Bonchev–Trinajstić information content (AvgIpc) is 3.15. The summed E-state index contributed by atoms with van der Waals surface area (Å²) < 4.78 is 11.8. The Balaban J connectivity index is 1.49. The van der Waals surface area contributed by atoms with Gasteiger partial charge in [-0.05, 0) is 30.5 Å². The molecule has 114 valence electrons. The van der Waals surface area contributed by atoms with Gasteiger partial charge in [-0.15, -0.1) is 0 Å². The molecule has 1 spiro atoms. The topological polar surface area (TPSA) is 73.6 Å². The third-order valence-electron chi connectivity index (χ3n) is 4.22. The van der Waals surface area contributed by atoms with E-state index in [1.165, 1.54) is 0 Å². The monoisotopic (exact) mass is 290 g/mol. The fraction of sp³-hybridized carbons (Fsp3) is 0.562. The molecule has 1 atom stereocenters. The minimum atomic E-state index is -0.363. The van der Waals surface area contributed by atoms with E-state index in [4.69, 9.17) is 15.2 Å². The van der Waals surface area contributed by atoms with Crippen molar-refractivity contribution in [1.82, 2.24) is 5.32 Å². The summed E-state index contributed by atoms with van der Waals surface area (Å²) in [5, 5.41) is 2.91. The second-order valence-corrected chi connectivity index (χ2v) is 5.78. The third kappa shape index (κ3) is 3.26. The van der Waals surface area contributed by atoms with E-state index in [9.17, 15) is 4.79 Å². The molecule has 21 heavy (non-hydrogen) atoms. The van der Waals surface area contributed by atoms with Crippen LogP contribution in [0.5, 0.6) is 0 Å². The van der Waals surface area contributed by atoms with Gasteiger partial charge in [-0.3, -0.25) is 4.79 Å². The Bertz CT molecular complexity index is 495. The van der Waals surface area contributed by atoms with Gasteiger partial charge in [-0.25, -0.2) is 0 Å². The molecule has 1 aliphatic carbocycles. The standard InChI is InChI=1S/C16H22N2O3/c17-9-12-3-5-13(6-4-12)15(19)18-10-14-11-20-16(21-14)7-1-2-8-16/h3-6,14H,1-2,7-11,17H2,(H,18,19). The van der Waals surface area contributed by atoms with Gasteiger partial charge < -0.3 is 20.5 Å². The van der Waals surface area contributed by atoms with Crippen molar-refractivity contribution in [1.29, 1.82) is 0 Å². The molecule has 3 rings (SSSR count). The Hall–Kier alpha value is -1.43. The Labute approximate surface area is 124 Å². The summed E-state index contributed by atoms with van der Waals surface area (Å²) in [6, 6.07) is 7.33. The van der Waals surface area contributed by atoms with Crippen LogP contribution in [0.1, 0.15) is 41.6 Å². The quantitative estimate of drug-likeness (QED) is 0.882. The molecule has 1 saturated heterocycles. The van der Waals surface area contributed by atoms with E-state index in [0.29, 0.717) is 25.3 Å². The van der Waals surface area contributed by atoms with Gasteiger partial charge in [0.05, 0.1) is 6.61 Å². The lowest BCUT2D eigenvalue weighted by atomic mass is 10.1. The third-order valence-corrected chi connectivity index (χ3v) is 4.22. The number of hydrogen-bond acceptors (Lipinski definition) is 4. The van der Waals surface area contributed by atoms with Gasteiger partial charge in [0.15, 0.2) is 5.79 Å². The number of nitrogens with one attached hydrogen (secondary N) is 1. The lowest BCUT2D eigenvalue weighted by molar-refractivity contribution is -0.161. The van der Waals surface area contributed by atoms with Crippen LogP contribution in [0.15, 0.2) is 24.3 Å². The fourth-order valence-electron chi connectivity index (χ4n) is 2.99. The number of benzene rings is 1. The van der Waals surface area contributed by atoms with E-state index < -0.39 is 0 Å². The summed E-state index contributed by atoms with van der Waals surface area (Å²) >= 11 is 0. The van der Waals surface area contributed by atoms with E-state index in [1.54, 1.807) is 12.1 Å². The fourth-order valence-corrected chi connectivity index (χ4v) is 2.99. The molecule has 0 bridgehead atoms. The molecule has 1 aromatic rings. The molecule has 1 aliphatic heterocycles. The van der Waals surface area contributed by atoms with E-state index in [2.05, 4.69) is 5.32 Å². The molecule has 1 unspecified atom stereocenters. The van der Waals surface area contributed by atoms with Crippen molar-refractivity contribution >= 4 is 5.91 Å². The van der Waals surface area contributed by atoms with Gasteiger partial charge in [-0.2, -0.15) is 0 Å². The van der Waals surface area contributed by atoms with Crippen LogP contribution in [0.3, 0.4) is 0 Å². The minimum absolute atomic E-state index is 0.0460. The van der Waals surface area contributed by atoms with Crippen LogP contribution in [-0.4, -0.2) is 30.9 Å². The lowest BCUT2D eigenvalue weighted by Crippen LogP contribution is -2.35. The van der Waals surface area contributed by atoms with Crippen molar-refractivity contribution in [3.63, 3.8) is 0 Å². The number of amides is 1. The van der Waals surface area contributed by atoms with Crippen molar-refractivity contribution in [2.45, 2.75) is 44.1 Å². The highest BCUT2D eigenvalue weighted by Crippen LogP contribution is 2.38. The Morgan fingerprint density at radius 3 is 2.67 bits per heavy atom. The van der Waals surface area contributed by atoms with Crippen molar-refractivity contribution in [3.05, 3.63) is 35.4 Å². The smallest absolute Gasteiger partial charge is 0.251 e. The molecular weight excluding hydrogens is 268 g/mol. The highest BCUT2D eigenvalue weighted by atomic mass is 16.7. The number of carbonyl (C=O) groups is 1. The zero-order valence-corrected chi connectivity index (χ0v) is 12.1. The largest absolute Gasteiger partial charge is 0.349 e. The summed E-state index contributed by atoms with van der Waals surface area (Å²) in [5.74, 6) is -0.451. The van der Waals surface area contributed by atoms with Crippen LogP contribution >= 0.6 is 0 Å². The minimum Gasteiger partial charge on any atom is -0.349 e. The molecule has 0 aromatic heterocycles. The summed E-state index contributed by atoms with van der Waals surface area (Å²) in [4.78, 5) is 12.1. The first kappa shape index (κ1) is 14.5. The molecule has 2 aliphatic rings.